The Morgan fingerprint density at radius 3 is 2.31 bits per heavy atom. The van der Waals surface area contributed by atoms with Crippen LogP contribution in [0.1, 0.15) is 40.2 Å². The number of halogens is 1. The number of hydrogen-bond acceptors (Lipinski definition) is 4. The zero-order valence-corrected chi connectivity index (χ0v) is 16.6. The monoisotopic (exact) mass is 382 g/mol. The van der Waals surface area contributed by atoms with Gasteiger partial charge >= 0.3 is 6.09 Å². The Hall–Kier alpha value is -2.12. The maximum absolute atomic E-state index is 11.7. The molecule has 0 spiro atoms. The second kappa shape index (κ2) is 9.54. The molecule has 0 saturated carbocycles. The minimum atomic E-state index is -1.15. The van der Waals surface area contributed by atoms with Crippen LogP contribution in [0.25, 0.3) is 10.8 Å². The molecule has 0 aliphatic rings. The van der Waals surface area contributed by atoms with Crippen molar-refractivity contribution in [2.45, 2.75) is 40.2 Å². The molecule has 0 atom stereocenters. The van der Waals surface area contributed by atoms with E-state index in [4.69, 9.17) is 16.7 Å². The summed E-state index contributed by atoms with van der Waals surface area (Å²) in [4.78, 5) is 31.4. The lowest BCUT2D eigenvalue weighted by Gasteiger charge is -2.26. The number of pyridine rings is 2. The van der Waals surface area contributed by atoms with Crippen LogP contribution in [0.5, 0.6) is 0 Å². The number of nitrogens with zero attached hydrogens (tertiary/aromatic N) is 2. The van der Waals surface area contributed by atoms with Gasteiger partial charge in [-0.25, -0.2) is 9.78 Å². The Morgan fingerprint density at radius 2 is 1.85 bits per heavy atom. The van der Waals surface area contributed by atoms with E-state index in [0.29, 0.717) is 16.3 Å². The van der Waals surface area contributed by atoms with Gasteiger partial charge in [-0.1, -0.05) is 32.4 Å². The van der Waals surface area contributed by atoms with Crippen molar-refractivity contribution < 1.29 is 9.90 Å². The summed E-state index contributed by atoms with van der Waals surface area (Å²) < 4.78 is 0. The predicted molar refractivity (Wildman–Crippen MR) is 105 cm³/mol. The molecule has 26 heavy (non-hydrogen) atoms. The normalized spacial score (nSPS) is 11.2. The van der Waals surface area contributed by atoms with Crippen molar-refractivity contribution >= 4 is 28.5 Å². The Bertz CT molecular complexity index is 795. The summed E-state index contributed by atoms with van der Waals surface area (Å²) in [6.45, 7) is 13.5. The van der Waals surface area contributed by atoms with Crippen LogP contribution in [0, 0.1) is 0 Å². The number of aromatic amines is 1. The average molecular weight is 383 g/mol. The molecule has 0 unspecified atom stereocenters. The van der Waals surface area contributed by atoms with Gasteiger partial charge in [-0.2, -0.15) is 0 Å². The molecule has 0 bridgehead atoms. The summed E-state index contributed by atoms with van der Waals surface area (Å²) in [5.74, 6) is 0. The predicted octanol–water partition coefficient (Wildman–Crippen LogP) is 3.43. The van der Waals surface area contributed by atoms with Crippen LogP contribution in [0.3, 0.4) is 0 Å². The number of carboxylic acid groups (broad SMARTS) is 1. The van der Waals surface area contributed by atoms with Crippen LogP contribution < -0.4 is 10.9 Å². The lowest BCUT2D eigenvalue weighted by atomic mass is 9.92. The first-order valence-electron chi connectivity index (χ1n) is 8.57. The molecular formula is C18H27ClN4O3. The molecule has 1 amide bonds. The van der Waals surface area contributed by atoms with E-state index in [1.165, 1.54) is 32.0 Å². The van der Waals surface area contributed by atoms with Crippen LogP contribution >= 0.6 is 11.6 Å². The molecule has 2 aromatic heterocycles. The standard InChI is InChI=1S/C12H12ClN3O3.C6H15N/c1-12(2,16-11(18)19)8-5-15-10(17)7-4-14-9(13)3-6(7)8;1-4-7(5-2)6-3/h3-5,16H,1-2H3,(H,15,17)(H,18,19);4-6H2,1-3H3. The molecule has 0 aromatic carbocycles. The smallest absolute Gasteiger partial charge is 0.405 e. The molecule has 2 aromatic rings. The van der Waals surface area contributed by atoms with Crippen LogP contribution in [0.15, 0.2) is 23.3 Å². The fraction of sp³-hybridized carbons (Fsp3) is 0.500. The second-order valence-corrected chi connectivity index (χ2v) is 6.65. The minimum Gasteiger partial charge on any atom is -0.465 e. The molecular weight excluding hydrogens is 356 g/mol. The average Bonchev–Trinajstić information content (AvgIpc) is 2.55. The fourth-order valence-corrected chi connectivity index (χ4v) is 2.81. The summed E-state index contributed by atoms with van der Waals surface area (Å²) in [5.41, 5.74) is -0.554. The molecule has 0 saturated heterocycles. The van der Waals surface area contributed by atoms with Gasteiger partial charge in [0.25, 0.3) is 5.56 Å². The molecule has 144 valence electrons. The second-order valence-electron chi connectivity index (χ2n) is 6.26. The van der Waals surface area contributed by atoms with E-state index in [1.54, 1.807) is 19.9 Å². The fourth-order valence-electron chi connectivity index (χ4n) is 2.65. The SMILES string of the molecule is CC(C)(NC(=O)O)c1c[nH]c(=O)c2cnc(Cl)cc12.CCN(CC)CC. The van der Waals surface area contributed by atoms with Gasteiger partial charge < -0.3 is 20.3 Å². The van der Waals surface area contributed by atoms with Crippen molar-refractivity contribution in [3.8, 4) is 0 Å². The molecule has 0 fully saturated rings. The van der Waals surface area contributed by atoms with Crippen molar-refractivity contribution in [1.29, 1.82) is 0 Å². The van der Waals surface area contributed by atoms with E-state index in [9.17, 15) is 9.59 Å². The number of carbonyl (C=O) groups is 1. The van der Waals surface area contributed by atoms with Gasteiger partial charge in [-0.05, 0) is 44.9 Å². The third-order valence-electron chi connectivity index (χ3n) is 4.19. The first-order chi connectivity index (χ1) is 12.2. The summed E-state index contributed by atoms with van der Waals surface area (Å²) in [5, 5.41) is 12.4. The summed E-state index contributed by atoms with van der Waals surface area (Å²) >= 11 is 5.84. The molecule has 0 radical (unpaired) electrons. The lowest BCUT2D eigenvalue weighted by Crippen LogP contribution is -2.40. The summed E-state index contributed by atoms with van der Waals surface area (Å²) in [6.07, 6.45) is 1.71. The van der Waals surface area contributed by atoms with Crippen LogP contribution in [-0.4, -0.2) is 45.7 Å². The van der Waals surface area contributed by atoms with E-state index < -0.39 is 11.6 Å². The molecule has 0 aliphatic carbocycles. The zero-order chi connectivity index (χ0) is 19.9. The maximum atomic E-state index is 11.7. The highest BCUT2D eigenvalue weighted by atomic mass is 35.5. The number of fused-ring (bicyclic) bond motifs is 1. The molecule has 7 nitrogen and oxygen atoms in total. The van der Waals surface area contributed by atoms with Gasteiger partial charge in [0, 0.05) is 18.0 Å². The Morgan fingerprint density at radius 1 is 1.27 bits per heavy atom. The first kappa shape index (κ1) is 21.9. The summed E-state index contributed by atoms with van der Waals surface area (Å²) in [7, 11) is 0. The molecule has 8 heteroatoms. The zero-order valence-electron chi connectivity index (χ0n) is 15.9. The number of amides is 1. The van der Waals surface area contributed by atoms with Crippen molar-refractivity contribution in [1.82, 2.24) is 20.2 Å². The van der Waals surface area contributed by atoms with Gasteiger partial charge in [-0.3, -0.25) is 4.79 Å². The van der Waals surface area contributed by atoms with E-state index in [0.717, 1.165) is 0 Å². The van der Waals surface area contributed by atoms with E-state index in [1.807, 2.05) is 0 Å². The van der Waals surface area contributed by atoms with Crippen molar-refractivity contribution in [2.24, 2.45) is 0 Å². The topological polar surface area (TPSA) is 98.3 Å². The molecule has 2 rings (SSSR count). The van der Waals surface area contributed by atoms with Crippen LogP contribution in [0.4, 0.5) is 4.79 Å². The Kier molecular flexibility index (Phi) is 8.05. The van der Waals surface area contributed by atoms with E-state index in [-0.39, 0.29) is 10.7 Å². The number of nitrogens with one attached hydrogen (secondary N) is 2. The largest absolute Gasteiger partial charge is 0.465 e. The van der Waals surface area contributed by atoms with Gasteiger partial charge in [0.2, 0.25) is 0 Å². The van der Waals surface area contributed by atoms with Crippen molar-refractivity contribution in [3.63, 3.8) is 0 Å². The highest BCUT2D eigenvalue weighted by Gasteiger charge is 2.25. The number of rotatable bonds is 5. The summed E-state index contributed by atoms with van der Waals surface area (Å²) in [6, 6.07) is 1.55. The maximum Gasteiger partial charge on any atom is 0.405 e. The first-order valence-corrected chi connectivity index (χ1v) is 8.94. The van der Waals surface area contributed by atoms with Gasteiger partial charge in [0.15, 0.2) is 0 Å². The number of H-pyrrole nitrogens is 1. The van der Waals surface area contributed by atoms with Gasteiger partial charge in [0.1, 0.15) is 5.15 Å². The molecule has 3 N–H and O–H groups in total. The lowest BCUT2D eigenvalue weighted by molar-refractivity contribution is 0.182. The highest BCUT2D eigenvalue weighted by Crippen LogP contribution is 2.27. The van der Waals surface area contributed by atoms with Gasteiger partial charge in [-0.15, -0.1) is 0 Å². The molecule has 2 heterocycles. The number of aromatic nitrogens is 2. The number of hydrogen-bond donors (Lipinski definition) is 3. The van der Waals surface area contributed by atoms with Crippen molar-refractivity contribution in [3.05, 3.63) is 39.5 Å². The van der Waals surface area contributed by atoms with Crippen LogP contribution in [0.2, 0.25) is 5.15 Å². The Balaban J connectivity index is 0.000000412. The third kappa shape index (κ3) is 5.71. The molecule has 0 aliphatic heterocycles. The quantitative estimate of drug-likeness (QED) is 0.688. The van der Waals surface area contributed by atoms with Crippen molar-refractivity contribution in [2.75, 3.05) is 19.6 Å². The van der Waals surface area contributed by atoms with E-state index >= 15 is 0 Å². The third-order valence-corrected chi connectivity index (χ3v) is 4.39. The van der Waals surface area contributed by atoms with Crippen LogP contribution in [-0.2, 0) is 5.54 Å². The van der Waals surface area contributed by atoms with Gasteiger partial charge in [0.05, 0.1) is 10.9 Å². The highest BCUT2D eigenvalue weighted by molar-refractivity contribution is 6.30. The Labute approximate surface area is 158 Å². The minimum absolute atomic E-state index is 0.241. The van der Waals surface area contributed by atoms with E-state index in [2.05, 4.69) is 41.0 Å².